The molecule has 0 radical (unpaired) electrons. The third kappa shape index (κ3) is 6.78. The second kappa shape index (κ2) is 12.1. The number of carbonyl (C=O) groups excluding carboxylic acids is 3. The van der Waals surface area contributed by atoms with Crippen LogP contribution in [0.3, 0.4) is 0 Å². The van der Waals surface area contributed by atoms with Gasteiger partial charge in [0.1, 0.15) is 19.0 Å². The highest BCUT2D eigenvalue weighted by Crippen LogP contribution is 2.39. The molecule has 0 bridgehead atoms. The summed E-state index contributed by atoms with van der Waals surface area (Å²) in [4.78, 5) is 38.8. The third-order valence-corrected chi connectivity index (χ3v) is 6.66. The van der Waals surface area contributed by atoms with Crippen molar-refractivity contribution in [2.75, 3.05) is 18.5 Å². The van der Waals surface area contributed by atoms with Gasteiger partial charge in [0.25, 0.3) is 11.1 Å². The minimum absolute atomic E-state index is 0.173. The molecular formula is C27H22BrFN2O5S. The Morgan fingerprint density at radius 2 is 1.81 bits per heavy atom. The second-order valence-corrected chi connectivity index (χ2v) is 9.71. The molecule has 0 saturated carbocycles. The maximum Gasteiger partial charge on any atom is 0.294 e. The van der Waals surface area contributed by atoms with Gasteiger partial charge in [-0.1, -0.05) is 30.3 Å². The fraction of sp³-hybridized carbons (Fsp3) is 0.148. The normalized spacial score (nSPS) is 14.2. The van der Waals surface area contributed by atoms with Crippen LogP contribution in [0.15, 0.2) is 76.1 Å². The predicted octanol–water partition coefficient (Wildman–Crippen LogP) is 6.24. The number of imide groups is 1. The van der Waals surface area contributed by atoms with Crippen molar-refractivity contribution >= 4 is 56.5 Å². The van der Waals surface area contributed by atoms with Gasteiger partial charge in [0.2, 0.25) is 5.91 Å². The number of amides is 3. The number of benzene rings is 3. The zero-order chi connectivity index (χ0) is 26.4. The maximum atomic E-state index is 13.1. The van der Waals surface area contributed by atoms with Crippen molar-refractivity contribution in [3.63, 3.8) is 0 Å². The second-order valence-electron chi connectivity index (χ2n) is 7.86. The topological polar surface area (TPSA) is 84.9 Å². The monoisotopic (exact) mass is 584 g/mol. The molecule has 0 atom stereocenters. The molecule has 1 fully saturated rings. The maximum absolute atomic E-state index is 13.1. The van der Waals surface area contributed by atoms with Crippen LogP contribution in [0.25, 0.3) is 6.08 Å². The van der Waals surface area contributed by atoms with Crippen molar-refractivity contribution in [1.82, 2.24) is 4.90 Å². The number of ether oxygens (including phenoxy) is 2. The van der Waals surface area contributed by atoms with E-state index in [-0.39, 0.29) is 4.91 Å². The Balaban J connectivity index is 1.48. The van der Waals surface area contributed by atoms with Gasteiger partial charge >= 0.3 is 0 Å². The summed E-state index contributed by atoms with van der Waals surface area (Å²) in [6.07, 6.45) is 1.57. The molecule has 1 aliphatic rings. The highest BCUT2D eigenvalue weighted by Gasteiger charge is 2.36. The highest BCUT2D eigenvalue weighted by molar-refractivity contribution is 9.10. The van der Waals surface area contributed by atoms with Gasteiger partial charge < -0.3 is 14.8 Å². The van der Waals surface area contributed by atoms with Crippen molar-refractivity contribution in [2.24, 2.45) is 0 Å². The summed E-state index contributed by atoms with van der Waals surface area (Å²) < 4.78 is 25.4. The zero-order valence-corrected chi connectivity index (χ0v) is 22.1. The number of nitrogens with one attached hydrogen (secondary N) is 1. The fourth-order valence-electron chi connectivity index (χ4n) is 3.47. The lowest BCUT2D eigenvalue weighted by Crippen LogP contribution is -2.36. The molecule has 1 heterocycles. The van der Waals surface area contributed by atoms with E-state index in [1.807, 2.05) is 37.3 Å². The molecule has 190 valence electrons. The van der Waals surface area contributed by atoms with E-state index in [1.54, 1.807) is 18.2 Å². The summed E-state index contributed by atoms with van der Waals surface area (Å²) in [5.74, 6) is -0.589. The lowest BCUT2D eigenvalue weighted by atomic mass is 10.1. The molecular weight excluding hydrogens is 563 g/mol. The summed E-state index contributed by atoms with van der Waals surface area (Å²) in [5.41, 5.74) is 1.97. The van der Waals surface area contributed by atoms with Crippen molar-refractivity contribution in [1.29, 1.82) is 0 Å². The van der Waals surface area contributed by atoms with Crippen molar-refractivity contribution in [2.45, 2.75) is 13.5 Å². The van der Waals surface area contributed by atoms with Crippen LogP contribution in [0.5, 0.6) is 11.5 Å². The Labute approximate surface area is 225 Å². The van der Waals surface area contributed by atoms with Crippen LogP contribution in [0.2, 0.25) is 0 Å². The summed E-state index contributed by atoms with van der Waals surface area (Å²) >= 11 is 4.26. The van der Waals surface area contributed by atoms with Crippen LogP contribution < -0.4 is 14.8 Å². The van der Waals surface area contributed by atoms with Gasteiger partial charge in [0.15, 0.2) is 11.5 Å². The number of carbonyl (C=O) groups is 3. The molecule has 0 aliphatic carbocycles. The molecule has 3 amide bonds. The molecule has 0 unspecified atom stereocenters. The summed E-state index contributed by atoms with van der Waals surface area (Å²) in [7, 11) is 0. The van der Waals surface area contributed by atoms with Crippen molar-refractivity contribution in [3.05, 3.63) is 93.1 Å². The Kier molecular flexibility index (Phi) is 8.62. The third-order valence-electron chi connectivity index (χ3n) is 5.16. The van der Waals surface area contributed by atoms with E-state index in [1.165, 1.54) is 24.3 Å². The average molecular weight is 585 g/mol. The number of halogens is 2. The van der Waals surface area contributed by atoms with Gasteiger partial charge in [-0.05, 0) is 88.2 Å². The quantitative estimate of drug-likeness (QED) is 0.300. The minimum atomic E-state index is -0.581. The van der Waals surface area contributed by atoms with Gasteiger partial charge in [-0.15, -0.1) is 0 Å². The number of hydrogen-bond donors (Lipinski definition) is 1. The van der Waals surface area contributed by atoms with E-state index in [0.29, 0.717) is 40.4 Å². The molecule has 7 nitrogen and oxygen atoms in total. The first-order valence-electron chi connectivity index (χ1n) is 11.3. The molecule has 0 aromatic heterocycles. The Morgan fingerprint density at radius 3 is 2.51 bits per heavy atom. The first-order chi connectivity index (χ1) is 17.8. The van der Waals surface area contributed by atoms with Gasteiger partial charge in [0.05, 0.1) is 16.0 Å². The lowest BCUT2D eigenvalue weighted by molar-refractivity contribution is -0.127. The van der Waals surface area contributed by atoms with Crippen LogP contribution in [0, 0.1) is 5.82 Å². The minimum Gasteiger partial charge on any atom is -0.490 e. The summed E-state index contributed by atoms with van der Waals surface area (Å²) in [6.45, 7) is 2.14. The van der Waals surface area contributed by atoms with E-state index in [2.05, 4.69) is 21.2 Å². The Bertz CT molecular complexity index is 1350. The lowest BCUT2D eigenvalue weighted by Gasteiger charge is -2.15. The number of rotatable bonds is 9. The molecule has 3 aromatic carbocycles. The van der Waals surface area contributed by atoms with Crippen molar-refractivity contribution in [3.8, 4) is 11.5 Å². The number of hydrogen-bond acceptors (Lipinski definition) is 6. The Hall–Kier alpha value is -3.63. The van der Waals surface area contributed by atoms with E-state index < -0.39 is 29.4 Å². The molecule has 1 N–H and O–H groups in total. The average Bonchev–Trinajstić information content (AvgIpc) is 3.13. The molecule has 0 spiro atoms. The van der Waals surface area contributed by atoms with Crippen LogP contribution >= 0.6 is 27.7 Å². The van der Waals surface area contributed by atoms with E-state index in [0.717, 1.165) is 22.2 Å². The van der Waals surface area contributed by atoms with Gasteiger partial charge in [-0.3, -0.25) is 19.3 Å². The summed E-state index contributed by atoms with van der Waals surface area (Å²) in [6, 6.07) is 18.4. The number of nitrogens with zero attached hydrogens (tertiary/aromatic N) is 1. The highest BCUT2D eigenvalue weighted by atomic mass is 79.9. The molecule has 37 heavy (non-hydrogen) atoms. The first-order valence-corrected chi connectivity index (χ1v) is 12.9. The fourth-order valence-corrected chi connectivity index (χ4v) is 4.88. The van der Waals surface area contributed by atoms with E-state index in [9.17, 15) is 18.8 Å². The zero-order valence-electron chi connectivity index (χ0n) is 19.7. The van der Waals surface area contributed by atoms with E-state index >= 15 is 0 Å². The molecule has 3 aromatic rings. The number of anilines is 1. The van der Waals surface area contributed by atoms with Gasteiger partial charge in [-0.2, -0.15) is 0 Å². The molecule has 10 heteroatoms. The smallest absolute Gasteiger partial charge is 0.294 e. The van der Waals surface area contributed by atoms with Gasteiger partial charge in [-0.25, -0.2) is 4.39 Å². The number of thioether (sulfide) groups is 1. The molecule has 1 aliphatic heterocycles. The first kappa shape index (κ1) is 26.4. The van der Waals surface area contributed by atoms with Crippen molar-refractivity contribution < 1.29 is 28.2 Å². The molecule has 1 saturated heterocycles. The largest absolute Gasteiger partial charge is 0.490 e. The van der Waals surface area contributed by atoms with Crippen LogP contribution in [0.4, 0.5) is 14.9 Å². The van der Waals surface area contributed by atoms with Gasteiger partial charge in [0, 0.05) is 5.69 Å². The summed E-state index contributed by atoms with van der Waals surface area (Å²) in [5, 5.41) is 1.99. The standard InChI is InChI=1S/C27H22BrFN2O5S/c1-2-35-22-13-18(12-21(28)25(22)36-16-17-6-4-3-5-7-17)14-23-26(33)31(27(34)37-23)15-24(32)30-20-10-8-19(29)9-11-20/h3-14H,2,15-16H2,1H3,(H,30,32)/b23-14-. The molecule has 4 rings (SSSR count). The SMILES string of the molecule is CCOc1cc(/C=C2\SC(=O)N(CC(=O)Nc3ccc(F)cc3)C2=O)cc(Br)c1OCc1ccccc1. The van der Waals surface area contributed by atoms with E-state index in [4.69, 9.17) is 9.47 Å². The van der Waals surface area contributed by atoms with Crippen LogP contribution in [0.1, 0.15) is 18.1 Å². The Morgan fingerprint density at radius 1 is 1.08 bits per heavy atom. The van der Waals surface area contributed by atoms with Crippen LogP contribution in [-0.2, 0) is 16.2 Å². The predicted molar refractivity (Wildman–Crippen MR) is 144 cm³/mol. The van der Waals surface area contributed by atoms with Crippen LogP contribution in [-0.4, -0.2) is 35.1 Å².